The Morgan fingerprint density at radius 3 is 2.53 bits per heavy atom. The van der Waals surface area contributed by atoms with Crippen LogP contribution in [0.2, 0.25) is 0 Å². The number of ether oxygens (including phenoxy) is 2. The zero-order valence-corrected chi connectivity index (χ0v) is 10.5. The Kier molecular flexibility index (Phi) is 11.4. The minimum absolute atomic E-state index is 0.657. The summed E-state index contributed by atoms with van der Waals surface area (Å²) in [7, 11) is 1.67. The van der Waals surface area contributed by atoms with Crippen LogP contribution >= 0.6 is 12.2 Å². The Hall–Kier alpha value is -0.390. The highest BCUT2D eigenvalue weighted by molar-refractivity contribution is 7.80. The molecule has 0 fully saturated rings. The van der Waals surface area contributed by atoms with Crippen LogP contribution < -0.4 is 10.6 Å². The first-order valence-electron chi connectivity index (χ1n) is 5.39. The average Bonchev–Trinajstić information content (AvgIpc) is 2.25. The van der Waals surface area contributed by atoms with E-state index in [0.717, 1.165) is 37.7 Å². The van der Waals surface area contributed by atoms with Crippen molar-refractivity contribution < 1.29 is 9.47 Å². The van der Waals surface area contributed by atoms with Crippen molar-refractivity contribution in [2.45, 2.75) is 19.8 Å². The molecule has 0 saturated carbocycles. The molecule has 0 aromatic rings. The van der Waals surface area contributed by atoms with E-state index in [1.165, 1.54) is 0 Å². The van der Waals surface area contributed by atoms with E-state index in [0.29, 0.717) is 13.2 Å². The summed E-state index contributed by atoms with van der Waals surface area (Å²) in [5, 5.41) is 6.95. The maximum Gasteiger partial charge on any atom is 0.166 e. The molecule has 5 heteroatoms. The number of thiocarbonyl (C=S) groups is 1. The highest BCUT2D eigenvalue weighted by Crippen LogP contribution is 1.82. The molecule has 0 aliphatic heterocycles. The molecule has 0 heterocycles. The Labute approximate surface area is 97.7 Å². The Bertz CT molecular complexity index is 156. The van der Waals surface area contributed by atoms with E-state index in [1.54, 1.807) is 7.11 Å². The Morgan fingerprint density at radius 2 is 1.87 bits per heavy atom. The molecule has 90 valence electrons. The fraction of sp³-hybridized carbons (Fsp3) is 0.900. The van der Waals surface area contributed by atoms with Crippen LogP contribution in [0.3, 0.4) is 0 Å². The van der Waals surface area contributed by atoms with Crippen LogP contribution in [-0.4, -0.2) is 45.1 Å². The molecule has 0 radical (unpaired) electrons. The van der Waals surface area contributed by atoms with Gasteiger partial charge in [0.2, 0.25) is 0 Å². The highest BCUT2D eigenvalue weighted by Gasteiger charge is 1.93. The fourth-order valence-electron chi connectivity index (χ4n) is 0.922. The molecule has 4 nitrogen and oxygen atoms in total. The fourth-order valence-corrected chi connectivity index (χ4v) is 1.13. The van der Waals surface area contributed by atoms with Gasteiger partial charge in [0.15, 0.2) is 5.11 Å². The van der Waals surface area contributed by atoms with Crippen LogP contribution in [0.25, 0.3) is 0 Å². The Morgan fingerprint density at radius 1 is 1.13 bits per heavy atom. The summed E-state index contributed by atoms with van der Waals surface area (Å²) in [6.07, 6.45) is 2.04. The predicted molar refractivity (Wildman–Crippen MR) is 66.2 cm³/mol. The van der Waals surface area contributed by atoms with Crippen LogP contribution in [0.1, 0.15) is 19.8 Å². The first-order valence-corrected chi connectivity index (χ1v) is 5.80. The van der Waals surface area contributed by atoms with E-state index in [1.807, 2.05) is 0 Å². The molecule has 0 spiro atoms. The molecule has 2 N–H and O–H groups in total. The van der Waals surface area contributed by atoms with Crippen LogP contribution in [0.5, 0.6) is 0 Å². The van der Waals surface area contributed by atoms with Gasteiger partial charge in [-0.1, -0.05) is 6.92 Å². The summed E-state index contributed by atoms with van der Waals surface area (Å²) >= 11 is 5.06. The third-order valence-corrected chi connectivity index (χ3v) is 2.01. The van der Waals surface area contributed by atoms with E-state index in [2.05, 4.69) is 17.6 Å². The number of rotatable bonds is 9. The summed E-state index contributed by atoms with van der Waals surface area (Å²) < 4.78 is 10.2. The average molecular weight is 234 g/mol. The van der Waals surface area contributed by atoms with E-state index < -0.39 is 0 Å². The topological polar surface area (TPSA) is 42.5 Å². The molecule has 0 aliphatic rings. The molecule has 0 saturated heterocycles. The number of methoxy groups -OCH3 is 1. The van der Waals surface area contributed by atoms with Gasteiger partial charge in [-0.3, -0.25) is 0 Å². The standard InChI is InChI=1S/C10H22N2O2S/c1-3-5-11-10(15)12-6-4-7-14-9-8-13-2/h3-9H2,1-2H3,(H2,11,12,15). The summed E-state index contributed by atoms with van der Waals surface area (Å²) in [5.41, 5.74) is 0. The number of hydrogen-bond acceptors (Lipinski definition) is 3. The molecule has 15 heavy (non-hydrogen) atoms. The maximum atomic E-state index is 5.31. The second kappa shape index (κ2) is 11.7. The summed E-state index contributed by atoms with van der Waals surface area (Å²) in [5.74, 6) is 0. The smallest absolute Gasteiger partial charge is 0.166 e. The van der Waals surface area contributed by atoms with E-state index >= 15 is 0 Å². The molecular formula is C10H22N2O2S. The van der Waals surface area contributed by atoms with Crippen molar-refractivity contribution in [3.8, 4) is 0 Å². The van der Waals surface area contributed by atoms with Gasteiger partial charge in [0.1, 0.15) is 0 Å². The molecule has 0 aromatic carbocycles. The first kappa shape index (κ1) is 14.6. The van der Waals surface area contributed by atoms with Gasteiger partial charge < -0.3 is 20.1 Å². The summed E-state index contributed by atoms with van der Waals surface area (Å²) in [6, 6.07) is 0. The Balaban J connectivity index is 3.06. The monoisotopic (exact) mass is 234 g/mol. The third-order valence-electron chi connectivity index (χ3n) is 1.72. The molecule has 0 unspecified atom stereocenters. The maximum absolute atomic E-state index is 5.31. The van der Waals surface area contributed by atoms with Crippen LogP contribution in [0.4, 0.5) is 0 Å². The minimum atomic E-state index is 0.657. The van der Waals surface area contributed by atoms with E-state index in [9.17, 15) is 0 Å². The molecule has 0 amide bonds. The van der Waals surface area contributed by atoms with Gasteiger partial charge in [0.05, 0.1) is 13.2 Å². The van der Waals surface area contributed by atoms with Gasteiger partial charge in [-0.2, -0.15) is 0 Å². The molecule has 0 aromatic heterocycles. The molecule has 0 rings (SSSR count). The van der Waals surface area contributed by atoms with Gasteiger partial charge in [-0.15, -0.1) is 0 Å². The first-order chi connectivity index (χ1) is 7.31. The van der Waals surface area contributed by atoms with Crippen molar-refractivity contribution in [2.75, 3.05) is 40.0 Å². The van der Waals surface area contributed by atoms with Crippen LogP contribution in [0.15, 0.2) is 0 Å². The summed E-state index contributed by atoms with van der Waals surface area (Å²) in [4.78, 5) is 0. The van der Waals surface area contributed by atoms with Crippen LogP contribution in [0, 0.1) is 0 Å². The van der Waals surface area contributed by atoms with Gasteiger partial charge in [0, 0.05) is 26.8 Å². The lowest BCUT2D eigenvalue weighted by atomic mass is 10.4. The lowest BCUT2D eigenvalue weighted by Gasteiger charge is -2.09. The molecular weight excluding hydrogens is 212 g/mol. The second-order valence-electron chi connectivity index (χ2n) is 3.14. The van der Waals surface area contributed by atoms with Crippen molar-refractivity contribution in [3.05, 3.63) is 0 Å². The van der Waals surface area contributed by atoms with Crippen molar-refractivity contribution >= 4 is 17.3 Å². The van der Waals surface area contributed by atoms with Gasteiger partial charge in [0.25, 0.3) is 0 Å². The second-order valence-corrected chi connectivity index (χ2v) is 3.55. The molecule has 0 atom stereocenters. The zero-order chi connectivity index (χ0) is 11.4. The van der Waals surface area contributed by atoms with Crippen molar-refractivity contribution in [3.63, 3.8) is 0 Å². The zero-order valence-electron chi connectivity index (χ0n) is 9.67. The van der Waals surface area contributed by atoms with Crippen molar-refractivity contribution in [1.82, 2.24) is 10.6 Å². The van der Waals surface area contributed by atoms with Crippen molar-refractivity contribution in [1.29, 1.82) is 0 Å². The quantitative estimate of drug-likeness (QED) is 0.458. The lowest BCUT2D eigenvalue weighted by molar-refractivity contribution is 0.0699. The van der Waals surface area contributed by atoms with Crippen molar-refractivity contribution in [2.24, 2.45) is 0 Å². The van der Waals surface area contributed by atoms with Gasteiger partial charge in [-0.05, 0) is 25.1 Å². The summed E-state index contributed by atoms with van der Waals surface area (Å²) in [6.45, 7) is 5.95. The minimum Gasteiger partial charge on any atom is -0.382 e. The SMILES string of the molecule is CCCNC(=S)NCCCOCCOC. The normalized spacial score (nSPS) is 10.0. The molecule has 0 aliphatic carbocycles. The van der Waals surface area contributed by atoms with Crippen LogP contribution in [-0.2, 0) is 9.47 Å². The number of hydrogen-bond donors (Lipinski definition) is 2. The third kappa shape index (κ3) is 11.5. The number of nitrogens with one attached hydrogen (secondary N) is 2. The predicted octanol–water partition coefficient (Wildman–Crippen LogP) is 0.914. The lowest BCUT2D eigenvalue weighted by Crippen LogP contribution is -2.36. The van der Waals surface area contributed by atoms with Gasteiger partial charge in [-0.25, -0.2) is 0 Å². The molecule has 0 bridgehead atoms. The van der Waals surface area contributed by atoms with E-state index in [4.69, 9.17) is 21.7 Å². The van der Waals surface area contributed by atoms with Gasteiger partial charge >= 0.3 is 0 Å². The van der Waals surface area contributed by atoms with E-state index in [-0.39, 0.29) is 0 Å². The largest absolute Gasteiger partial charge is 0.382 e. The highest BCUT2D eigenvalue weighted by atomic mass is 32.1.